The number of likely N-dealkylation sites (tertiary alicyclic amines) is 1. The third-order valence-corrected chi connectivity index (χ3v) is 4.32. The fraction of sp³-hybridized carbons (Fsp3) is 0.462. The Morgan fingerprint density at radius 2 is 2.05 bits per heavy atom. The fourth-order valence-corrected chi connectivity index (χ4v) is 2.80. The van der Waals surface area contributed by atoms with Gasteiger partial charge in [-0.3, -0.25) is 9.69 Å². The number of benzene rings is 1. The van der Waals surface area contributed by atoms with E-state index in [0.29, 0.717) is 12.4 Å². The number of nitrogens with two attached hydrogens (primary N) is 1. The lowest BCUT2D eigenvalue weighted by molar-refractivity contribution is 0.0926. The van der Waals surface area contributed by atoms with E-state index in [4.69, 9.17) is 9.88 Å². The summed E-state index contributed by atoms with van der Waals surface area (Å²) in [5.41, 5.74) is 0.156. The molecule has 1 saturated heterocycles. The quantitative estimate of drug-likeness (QED) is 0.804. The molecule has 1 aliphatic rings. The zero-order chi connectivity index (χ0) is 15.5. The molecule has 8 heteroatoms. The lowest BCUT2D eigenvalue weighted by Crippen LogP contribution is -2.36. The number of rotatable bonds is 5. The van der Waals surface area contributed by atoms with Crippen molar-refractivity contribution >= 4 is 15.9 Å². The second-order valence-corrected chi connectivity index (χ2v) is 6.46. The molecule has 0 aromatic heterocycles. The summed E-state index contributed by atoms with van der Waals surface area (Å²) in [4.78, 5) is 14.2. The van der Waals surface area contributed by atoms with Gasteiger partial charge in [-0.05, 0) is 44.1 Å². The molecule has 116 valence electrons. The SMILES string of the molecule is COc1ccc(S(N)(=O)=O)cc1C(=O)NCN1CCCC1. The minimum Gasteiger partial charge on any atom is -0.496 e. The lowest BCUT2D eigenvalue weighted by Gasteiger charge is -2.16. The van der Waals surface area contributed by atoms with E-state index in [9.17, 15) is 13.2 Å². The predicted molar refractivity (Wildman–Crippen MR) is 77.5 cm³/mol. The van der Waals surface area contributed by atoms with Crippen molar-refractivity contribution in [2.45, 2.75) is 17.7 Å². The van der Waals surface area contributed by atoms with Crippen LogP contribution in [0, 0.1) is 0 Å². The van der Waals surface area contributed by atoms with E-state index in [0.717, 1.165) is 25.9 Å². The van der Waals surface area contributed by atoms with Crippen LogP contribution in [-0.2, 0) is 10.0 Å². The van der Waals surface area contributed by atoms with Gasteiger partial charge in [0.25, 0.3) is 5.91 Å². The van der Waals surface area contributed by atoms with Crippen molar-refractivity contribution in [3.05, 3.63) is 23.8 Å². The Morgan fingerprint density at radius 3 is 2.62 bits per heavy atom. The number of carbonyl (C=O) groups excluding carboxylic acids is 1. The van der Waals surface area contributed by atoms with Crippen LogP contribution in [0.5, 0.6) is 5.75 Å². The highest BCUT2D eigenvalue weighted by Crippen LogP contribution is 2.21. The van der Waals surface area contributed by atoms with Crippen LogP contribution in [0.15, 0.2) is 23.1 Å². The smallest absolute Gasteiger partial charge is 0.256 e. The molecule has 1 aromatic rings. The second kappa shape index (κ2) is 6.42. The highest BCUT2D eigenvalue weighted by atomic mass is 32.2. The Hall–Kier alpha value is -1.64. The fourth-order valence-electron chi connectivity index (χ4n) is 2.26. The molecule has 0 saturated carbocycles. The number of amides is 1. The number of ether oxygens (including phenoxy) is 1. The Bertz CT molecular complexity index is 624. The van der Waals surface area contributed by atoms with E-state index < -0.39 is 10.0 Å². The van der Waals surface area contributed by atoms with E-state index in [2.05, 4.69) is 10.2 Å². The van der Waals surface area contributed by atoms with Crippen LogP contribution in [0.4, 0.5) is 0 Å². The van der Waals surface area contributed by atoms with Gasteiger partial charge in [0, 0.05) is 0 Å². The maximum absolute atomic E-state index is 12.2. The number of primary sulfonamides is 1. The van der Waals surface area contributed by atoms with Crippen LogP contribution in [0.25, 0.3) is 0 Å². The number of nitrogens with zero attached hydrogens (tertiary/aromatic N) is 1. The van der Waals surface area contributed by atoms with Gasteiger partial charge >= 0.3 is 0 Å². The molecule has 1 heterocycles. The standard InChI is InChI=1S/C13H19N3O4S/c1-20-12-5-4-10(21(14,18)19)8-11(12)13(17)15-9-16-6-2-3-7-16/h4-5,8H,2-3,6-7,9H2,1H3,(H,15,17)(H2,14,18,19). The average Bonchev–Trinajstić information content (AvgIpc) is 2.96. The Kier molecular flexibility index (Phi) is 4.81. The number of sulfonamides is 1. The summed E-state index contributed by atoms with van der Waals surface area (Å²) in [5.74, 6) is -0.0782. The Morgan fingerprint density at radius 1 is 1.38 bits per heavy atom. The molecular weight excluding hydrogens is 294 g/mol. The van der Waals surface area contributed by atoms with Crippen LogP contribution in [0.2, 0.25) is 0 Å². The maximum Gasteiger partial charge on any atom is 0.256 e. The predicted octanol–water partition coefficient (Wildman–Crippen LogP) is 0.126. The van der Waals surface area contributed by atoms with Gasteiger partial charge in [0.2, 0.25) is 10.0 Å². The summed E-state index contributed by atoms with van der Waals surface area (Å²) in [6.07, 6.45) is 2.25. The van der Waals surface area contributed by atoms with Crippen LogP contribution in [-0.4, -0.2) is 46.1 Å². The zero-order valence-corrected chi connectivity index (χ0v) is 12.6. The molecule has 1 aromatic carbocycles. The lowest BCUT2D eigenvalue weighted by atomic mass is 10.2. The molecule has 0 atom stereocenters. The minimum atomic E-state index is -3.86. The molecule has 2 rings (SSSR count). The Labute approximate surface area is 124 Å². The summed E-state index contributed by atoms with van der Waals surface area (Å²) in [5, 5.41) is 7.85. The van der Waals surface area contributed by atoms with Gasteiger partial charge in [-0.15, -0.1) is 0 Å². The first-order chi connectivity index (χ1) is 9.91. The average molecular weight is 313 g/mol. The van der Waals surface area contributed by atoms with Crippen LogP contribution in [0.1, 0.15) is 23.2 Å². The van der Waals surface area contributed by atoms with Gasteiger partial charge in [0.15, 0.2) is 0 Å². The zero-order valence-electron chi connectivity index (χ0n) is 11.8. The molecule has 21 heavy (non-hydrogen) atoms. The molecule has 7 nitrogen and oxygen atoms in total. The summed E-state index contributed by atoms with van der Waals surface area (Å²) < 4.78 is 27.8. The molecule has 3 N–H and O–H groups in total. The van der Waals surface area contributed by atoms with Crippen LogP contribution < -0.4 is 15.2 Å². The number of hydrogen-bond donors (Lipinski definition) is 2. The van der Waals surface area contributed by atoms with Crippen molar-refractivity contribution in [1.29, 1.82) is 0 Å². The maximum atomic E-state index is 12.2. The van der Waals surface area contributed by atoms with Crippen molar-refractivity contribution in [2.24, 2.45) is 5.14 Å². The van der Waals surface area contributed by atoms with Crippen molar-refractivity contribution in [1.82, 2.24) is 10.2 Å². The van der Waals surface area contributed by atoms with Crippen LogP contribution in [0.3, 0.4) is 0 Å². The number of methoxy groups -OCH3 is 1. The van der Waals surface area contributed by atoms with Crippen molar-refractivity contribution in [2.75, 3.05) is 26.9 Å². The van der Waals surface area contributed by atoms with Gasteiger partial charge < -0.3 is 10.1 Å². The summed E-state index contributed by atoms with van der Waals surface area (Å²) in [6, 6.07) is 3.96. The molecule has 1 aliphatic heterocycles. The van der Waals surface area contributed by atoms with Crippen molar-refractivity contribution in [3.63, 3.8) is 0 Å². The van der Waals surface area contributed by atoms with Gasteiger partial charge in [0.05, 0.1) is 24.2 Å². The molecule has 1 fully saturated rings. The van der Waals surface area contributed by atoms with Crippen molar-refractivity contribution < 1.29 is 17.9 Å². The van der Waals surface area contributed by atoms with Gasteiger partial charge in [0.1, 0.15) is 5.75 Å². The topological polar surface area (TPSA) is 102 Å². The monoisotopic (exact) mass is 313 g/mol. The summed E-state index contributed by atoms with van der Waals surface area (Å²) >= 11 is 0. The number of nitrogens with one attached hydrogen (secondary N) is 1. The first-order valence-electron chi connectivity index (χ1n) is 6.63. The molecule has 0 spiro atoms. The van der Waals surface area contributed by atoms with Gasteiger partial charge in [-0.25, -0.2) is 13.6 Å². The third kappa shape index (κ3) is 3.93. The van der Waals surface area contributed by atoms with Crippen LogP contribution >= 0.6 is 0 Å². The van der Waals surface area contributed by atoms with E-state index in [1.807, 2.05) is 0 Å². The normalized spacial score (nSPS) is 15.9. The molecule has 0 unspecified atom stereocenters. The second-order valence-electron chi connectivity index (χ2n) is 4.90. The highest BCUT2D eigenvalue weighted by Gasteiger charge is 2.18. The summed E-state index contributed by atoms with van der Waals surface area (Å²) in [6.45, 7) is 2.34. The first kappa shape index (κ1) is 15.7. The third-order valence-electron chi connectivity index (χ3n) is 3.41. The van der Waals surface area contributed by atoms with E-state index >= 15 is 0 Å². The number of hydrogen-bond acceptors (Lipinski definition) is 5. The minimum absolute atomic E-state index is 0.116. The molecular formula is C13H19N3O4S. The largest absolute Gasteiger partial charge is 0.496 e. The highest BCUT2D eigenvalue weighted by molar-refractivity contribution is 7.89. The molecule has 0 bridgehead atoms. The first-order valence-corrected chi connectivity index (χ1v) is 8.18. The molecule has 1 amide bonds. The Balaban J connectivity index is 2.17. The molecule has 0 radical (unpaired) electrons. The van der Waals surface area contributed by atoms with E-state index in [1.165, 1.54) is 25.3 Å². The van der Waals surface area contributed by atoms with Crippen molar-refractivity contribution in [3.8, 4) is 5.75 Å². The van der Waals surface area contributed by atoms with Gasteiger partial charge in [-0.2, -0.15) is 0 Å². The molecule has 0 aliphatic carbocycles. The summed E-state index contributed by atoms with van der Waals surface area (Å²) in [7, 11) is -2.44. The van der Waals surface area contributed by atoms with E-state index in [-0.39, 0.29) is 16.4 Å². The number of carbonyl (C=O) groups is 1. The van der Waals surface area contributed by atoms with Gasteiger partial charge in [-0.1, -0.05) is 0 Å². The van der Waals surface area contributed by atoms with E-state index in [1.54, 1.807) is 0 Å².